The Kier molecular flexibility index (Phi) is 7.85. The van der Waals surface area contributed by atoms with Gasteiger partial charge < -0.3 is 9.47 Å². The molecule has 2 aliphatic heterocycles. The van der Waals surface area contributed by atoms with E-state index < -0.39 is 27.9 Å². The predicted octanol–water partition coefficient (Wildman–Crippen LogP) is 2.05. The molecule has 188 valence electrons. The first-order valence-electron chi connectivity index (χ1n) is 11.8. The largest absolute Gasteiger partial charge is 0.494 e. The van der Waals surface area contributed by atoms with E-state index in [1.807, 2.05) is 13.8 Å². The van der Waals surface area contributed by atoms with E-state index in [2.05, 4.69) is 4.90 Å². The van der Waals surface area contributed by atoms with Crippen LogP contribution in [0.2, 0.25) is 0 Å². The zero-order valence-electron chi connectivity index (χ0n) is 20.1. The molecule has 1 atom stereocenters. The molecule has 35 heavy (non-hydrogen) atoms. The van der Waals surface area contributed by atoms with Gasteiger partial charge in [-0.3, -0.25) is 14.5 Å². The lowest BCUT2D eigenvalue weighted by atomic mass is 10.2. The highest BCUT2D eigenvalue weighted by Gasteiger charge is 2.47. The lowest BCUT2D eigenvalue weighted by Gasteiger charge is -2.31. The van der Waals surface area contributed by atoms with Gasteiger partial charge >= 0.3 is 0 Å². The number of carbonyl (C=O) groups excluding carboxylic acids is 2. The smallest absolute Gasteiger partial charge is 0.252 e. The number of carbonyl (C=O) groups is 2. The van der Waals surface area contributed by atoms with Crippen molar-refractivity contribution in [2.24, 2.45) is 0 Å². The van der Waals surface area contributed by atoms with Gasteiger partial charge in [-0.05, 0) is 50.2 Å². The van der Waals surface area contributed by atoms with Crippen LogP contribution in [-0.2, 0) is 24.3 Å². The third-order valence-corrected chi connectivity index (χ3v) is 8.17. The number of ether oxygens (including phenoxy) is 2. The summed E-state index contributed by atoms with van der Waals surface area (Å²) in [6.07, 6.45) is -0.208. The Morgan fingerprint density at radius 1 is 1.03 bits per heavy atom. The Balaban J connectivity index is 1.62. The molecule has 2 aromatic carbocycles. The Morgan fingerprint density at radius 2 is 1.69 bits per heavy atom. The summed E-state index contributed by atoms with van der Waals surface area (Å²) < 4.78 is 39.4. The molecule has 0 aliphatic carbocycles. The molecule has 2 saturated heterocycles. The third-order valence-electron chi connectivity index (χ3n) is 6.24. The highest BCUT2D eigenvalue weighted by molar-refractivity contribution is 7.89. The van der Waals surface area contributed by atoms with Crippen LogP contribution in [0.3, 0.4) is 0 Å². The van der Waals surface area contributed by atoms with Crippen LogP contribution in [0.4, 0.5) is 5.69 Å². The second kappa shape index (κ2) is 10.9. The van der Waals surface area contributed by atoms with Gasteiger partial charge in [-0.15, -0.1) is 0 Å². The van der Waals surface area contributed by atoms with Crippen molar-refractivity contribution in [2.75, 3.05) is 50.9 Å². The quantitative estimate of drug-likeness (QED) is 0.485. The molecule has 0 saturated carbocycles. The van der Waals surface area contributed by atoms with Crippen LogP contribution < -0.4 is 9.64 Å². The van der Waals surface area contributed by atoms with E-state index in [1.54, 1.807) is 36.4 Å². The van der Waals surface area contributed by atoms with Gasteiger partial charge in [-0.2, -0.15) is 4.31 Å². The van der Waals surface area contributed by atoms with Gasteiger partial charge in [0.25, 0.3) is 5.91 Å². The first-order chi connectivity index (χ1) is 16.8. The summed E-state index contributed by atoms with van der Waals surface area (Å²) in [6.45, 7) is 7.31. The fourth-order valence-electron chi connectivity index (χ4n) is 4.32. The fourth-order valence-corrected chi connectivity index (χ4v) is 5.90. The van der Waals surface area contributed by atoms with E-state index in [1.165, 1.54) is 16.4 Å². The maximum absolute atomic E-state index is 13.7. The third kappa shape index (κ3) is 5.56. The van der Waals surface area contributed by atoms with Gasteiger partial charge in [0.1, 0.15) is 11.8 Å². The lowest BCUT2D eigenvalue weighted by molar-refractivity contribution is -0.122. The Hall–Kier alpha value is -2.79. The SMILES string of the molecule is CCOc1ccc(N2C(=O)CC(N(CCN3CCOCC3)S(=O)(=O)c3ccc(C)cc3)C2=O)cc1. The van der Waals surface area contributed by atoms with Crippen LogP contribution in [0, 0.1) is 6.92 Å². The van der Waals surface area contributed by atoms with E-state index in [0.717, 1.165) is 10.5 Å². The number of hydrogen-bond acceptors (Lipinski definition) is 7. The van der Waals surface area contributed by atoms with Crippen molar-refractivity contribution in [2.45, 2.75) is 31.2 Å². The molecule has 0 radical (unpaired) electrons. The highest BCUT2D eigenvalue weighted by Crippen LogP contribution is 2.30. The Bertz CT molecular complexity index is 1140. The average Bonchev–Trinajstić information content (AvgIpc) is 3.14. The summed E-state index contributed by atoms with van der Waals surface area (Å²) in [7, 11) is -4.02. The van der Waals surface area contributed by atoms with Gasteiger partial charge in [0.05, 0.1) is 36.8 Å². The molecule has 2 aromatic rings. The monoisotopic (exact) mass is 501 g/mol. The van der Waals surface area contributed by atoms with E-state index in [4.69, 9.17) is 9.47 Å². The second-order valence-corrected chi connectivity index (χ2v) is 10.5. The van der Waals surface area contributed by atoms with Crippen LogP contribution >= 0.6 is 0 Å². The molecule has 10 heteroatoms. The van der Waals surface area contributed by atoms with Crippen molar-refractivity contribution < 1.29 is 27.5 Å². The summed E-state index contributed by atoms with van der Waals surface area (Å²) in [5.41, 5.74) is 1.32. The minimum atomic E-state index is -4.02. The van der Waals surface area contributed by atoms with Crippen molar-refractivity contribution in [3.63, 3.8) is 0 Å². The van der Waals surface area contributed by atoms with Crippen molar-refractivity contribution in [1.29, 1.82) is 0 Å². The minimum Gasteiger partial charge on any atom is -0.494 e. The molecule has 0 spiro atoms. The molecule has 9 nitrogen and oxygen atoms in total. The van der Waals surface area contributed by atoms with Crippen molar-refractivity contribution in [1.82, 2.24) is 9.21 Å². The van der Waals surface area contributed by atoms with Crippen LogP contribution in [0.25, 0.3) is 0 Å². The number of rotatable bonds is 9. The first kappa shape index (κ1) is 25.3. The maximum Gasteiger partial charge on any atom is 0.252 e. The van der Waals surface area contributed by atoms with Gasteiger partial charge in [0.15, 0.2) is 0 Å². The number of hydrogen-bond donors (Lipinski definition) is 0. The van der Waals surface area contributed by atoms with Gasteiger partial charge in [-0.25, -0.2) is 13.3 Å². The molecule has 2 heterocycles. The van der Waals surface area contributed by atoms with Crippen molar-refractivity contribution >= 4 is 27.5 Å². The minimum absolute atomic E-state index is 0.0943. The fraction of sp³-hybridized carbons (Fsp3) is 0.440. The highest BCUT2D eigenvalue weighted by atomic mass is 32.2. The topological polar surface area (TPSA) is 96.5 Å². The van der Waals surface area contributed by atoms with E-state index in [-0.39, 0.29) is 17.9 Å². The van der Waals surface area contributed by atoms with Crippen molar-refractivity contribution in [3.05, 3.63) is 54.1 Å². The molecule has 2 fully saturated rings. The first-order valence-corrected chi connectivity index (χ1v) is 13.2. The number of aryl methyl sites for hydroxylation is 1. The average molecular weight is 502 g/mol. The molecular weight excluding hydrogens is 470 g/mol. The Morgan fingerprint density at radius 3 is 2.31 bits per heavy atom. The van der Waals surface area contributed by atoms with E-state index in [0.29, 0.717) is 50.9 Å². The second-order valence-electron chi connectivity index (χ2n) is 8.60. The number of anilines is 1. The normalized spacial score (nSPS) is 19.5. The molecular formula is C25H31N3O6S. The lowest BCUT2D eigenvalue weighted by Crippen LogP contribution is -2.49. The number of nitrogens with zero attached hydrogens (tertiary/aromatic N) is 3. The maximum atomic E-state index is 13.7. The van der Waals surface area contributed by atoms with Crippen LogP contribution in [0.1, 0.15) is 18.9 Å². The van der Waals surface area contributed by atoms with Crippen LogP contribution in [0.15, 0.2) is 53.4 Å². The Labute approximate surface area is 206 Å². The van der Waals surface area contributed by atoms with E-state index in [9.17, 15) is 18.0 Å². The molecule has 0 bridgehead atoms. The molecule has 0 aromatic heterocycles. The summed E-state index contributed by atoms with van der Waals surface area (Å²) >= 11 is 0. The van der Waals surface area contributed by atoms with E-state index >= 15 is 0 Å². The zero-order valence-corrected chi connectivity index (χ0v) is 20.9. The van der Waals surface area contributed by atoms with Gasteiger partial charge in [-0.1, -0.05) is 17.7 Å². The number of sulfonamides is 1. The van der Waals surface area contributed by atoms with Crippen LogP contribution in [0.5, 0.6) is 5.75 Å². The number of amides is 2. The van der Waals surface area contributed by atoms with Gasteiger partial charge in [0.2, 0.25) is 15.9 Å². The summed E-state index contributed by atoms with van der Waals surface area (Å²) in [4.78, 5) is 29.7. The molecule has 2 aliphatic rings. The summed E-state index contributed by atoms with van der Waals surface area (Å²) in [6, 6.07) is 12.1. The zero-order chi connectivity index (χ0) is 25.0. The van der Waals surface area contributed by atoms with Gasteiger partial charge in [0, 0.05) is 26.2 Å². The van der Waals surface area contributed by atoms with Crippen molar-refractivity contribution in [3.8, 4) is 5.75 Å². The predicted molar refractivity (Wildman–Crippen MR) is 131 cm³/mol. The standard InChI is InChI=1S/C25H31N3O6S/c1-3-34-21-8-6-20(7-9-21)28-24(29)18-23(25(28)30)27(13-12-26-14-16-33-17-15-26)35(31,32)22-10-4-19(2)5-11-22/h4-11,23H,3,12-18H2,1-2H3. The molecule has 4 rings (SSSR count). The van der Waals surface area contributed by atoms with Crippen LogP contribution in [-0.4, -0.2) is 81.5 Å². The summed E-state index contributed by atoms with van der Waals surface area (Å²) in [5.74, 6) is -0.350. The number of imide groups is 1. The number of morpholine rings is 1. The number of benzene rings is 2. The summed E-state index contributed by atoms with van der Waals surface area (Å²) in [5, 5.41) is 0. The molecule has 2 amide bonds. The molecule has 0 N–H and O–H groups in total. The molecule has 1 unspecified atom stereocenters.